The summed E-state index contributed by atoms with van der Waals surface area (Å²) < 4.78 is 1.86. The summed E-state index contributed by atoms with van der Waals surface area (Å²) in [4.78, 5) is 11.9. The van der Waals surface area contributed by atoms with Gasteiger partial charge < -0.3 is 0 Å². The van der Waals surface area contributed by atoms with Gasteiger partial charge in [-0.05, 0) is 36.7 Å². The van der Waals surface area contributed by atoms with Crippen LogP contribution in [0.5, 0.6) is 0 Å². The molecule has 0 aliphatic heterocycles. The van der Waals surface area contributed by atoms with Gasteiger partial charge >= 0.3 is 5.24 Å². The standard InChI is InChI=1S/C18H36NOS3/c1-4-6-8-10-12-14-16-22-19(18(20)21-3)23-17-15-13-11-9-7-5-2/h3-17H2,1-2H3. The molecule has 0 aliphatic rings. The summed E-state index contributed by atoms with van der Waals surface area (Å²) in [6.07, 6.45) is 19.3. The number of thioether (sulfide) groups is 1. The van der Waals surface area contributed by atoms with Crippen molar-refractivity contribution in [1.82, 2.24) is 3.71 Å². The zero-order valence-electron chi connectivity index (χ0n) is 15.2. The van der Waals surface area contributed by atoms with Gasteiger partial charge in [-0.25, -0.2) is 3.71 Å². The minimum Gasteiger partial charge on any atom is -0.260 e. The normalized spacial score (nSPS) is 10.9. The number of hydrogen-bond donors (Lipinski definition) is 0. The molecule has 0 atom stereocenters. The highest BCUT2D eigenvalue weighted by Crippen LogP contribution is 2.28. The maximum absolute atomic E-state index is 11.9. The number of carbonyl (C=O) groups is 1. The zero-order chi connectivity index (χ0) is 17.2. The maximum Gasteiger partial charge on any atom is 0.301 e. The summed E-state index contributed by atoms with van der Waals surface area (Å²) >= 11 is 4.43. The van der Waals surface area contributed by atoms with Crippen molar-refractivity contribution in [2.45, 2.75) is 90.9 Å². The summed E-state index contributed by atoms with van der Waals surface area (Å²) in [5, 5.41) is 0.0805. The van der Waals surface area contributed by atoms with Gasteiger partial charge in [0.15, 0.2) is 0 Å². The van der Waals surface area contributed by atoms with Gasteiger partial charge in [0.1, 0.15) is 0 Å². The fourth-order valence-corrected chi connectivity index (χ4v) is 4.95. The van der Waals surface area contributed by atoms with E-state index in [2.05, 4.69) is 20.1 Å². The third-order valence-corrected chi connectivity index (χ3v) is 6.72. The number of carbonyl (C=O) groups excluding carboxylic acids is 1. The van der Waals surface area contributed by atoms with E-state index in [1.54, 1.807) is 23.9 Å². The van der Waals surface area contributed by atoms with Crippen molar-refractivity contribution in [3.05, 3.63) is 6.26 Å². The van der Waals surface area contributed by atoms with Crippen LogP contribution in [0.15, 0.2) is 0 Å². The summed E-state index contributed by atoms with van der Waals surface area (Å²) in [5.41, 5.74) is 0. The van der Waals surface area contributed by atoms with Crippen LogP contribution in [-0.2, 0) is 0 Å². The van der Waals surface area contributed by atoms with Crippen LogP contribution in [0.4, 0.5) is 4.79 Å². The fraction of sp³-hybridized carbons (Fsp3) is 0.889. The molecule has 1 radical (unpaired) electrons. The maximum atomic E-state index is 11.9. The molecule has 0 aromatic rings. The largest absolute Gasteiger partial charge is 0.301 e. The van der Waals surface area contributed by atoms with Gasteiger partial charge in [0.25, 0.3) is 0 Å². The van der Waals surface area contributed by atoms with Crippen molar-refractivity contribution in [1.29, 1.82) is 0 Å². The Bertz CT molecular complexity index is 247. The molecule has 0 aromatic carbocycles. The molecule has 0 N–H and O–H groups in total. The molecule has 0 fully saturated rings. The van der Waals surface area contributed by atoms with Crippen molar-refractivity contribution in [2.24, 2.45) is 0 Å². The van der Waals surface area contributed by atoms with Crippen LogP contribution in [-0.4, -0.2) is 20.5 Å². The van der Waals surface area contributed by atoms with E-state index in [0.717, 1.165) is 23.3 Å². The second kappa shape index (κ2) is 18.9. The van der Waals surface area contributed by atoms with Gasteiger partial charge in [-0.2, -0.15) is 0 Å². The van der Waals surface area contributed by atoms with E-state index >= 15 is 0 Å². The average molecular weight is 379 g/mol. The van der Waals surface area contributed by atoms with Gasteiger partial charge in [-0.1, -0.05) is 89.8 Å². The minimum atomic E-state index is 0.0805. The SMILES string of the molecule is [CH2]SC(=O)N(SCCCCCCCC)SCCCCCCCC. The molecule has 0 heterocycles. The lowest BCUT2D eigenvalue weighted by atomic mass is 10.1. The third kappa shape index (κ3) is 15.8. The van der Waals surface area contributed by atoms with Crippen molar-refractivity contribution < 1.29 is 4.79 Å². The van der Waals surface area contributed by atoms with Crippen LogP contribution >= 0.6 is 35.7 Å². The zero-order valence-corrected chi connectivity index (χ0v) is 17.6. The molecule has 0 bridgehead atoms. The van der Waals surface area contributed by atoms with Gasteiger partial charge in [-0.3, -0.25) is 4.79 Å². The molecule has 0 unspecified atom stereocenters. The van der Waals surface area contributed by atoms with E-state index < -0.39 is 0 Å². The fourth-order valence-electron chi connectivity index (χ4n) is 2.26. The Hall–Kier alpha value is 0.520. The summed E-state index contributed by atoms with van der Waals surface area (Å²) in [6.45, 7) is 4.49. The summed E-state index contributed by atoms with van der Waals surface area (Å²) in [7, 11) is 0. The van der Waals surface area contributed by atoms with Crippen molar-refractivity contribution in [3.63, 3.8) is 0 Å². The lowest BCUT2D eigenvalue weighted by molar-refractivity contribution is 0.259. The number of nitrogens with zero attached hydrogens (tertiary/aromatic N) is 1. The monoisotopic (exact) mass is 378 g/mol. The Morgan fingerprint density at radius 2 is 1.13 bits per heavy atom. The first-order valence-corrected chi connectivity index (χ1v) is 12.1. The molecule has 5 heteroatoms. The third-order valence-electron chi connectivity index (χ3n) is 3.69. The van der Waals surface area contributed by atoms with Crippen LogP contribution in [0.25, 0.3) is 0 Å². The van der Waals surface area contributed by atoms with Crippen LogP contribution in [0.1, 0.15) is 90.9 Å². The van der Waals surface area contributed by atoms with Gasteiger partial charge in [0, 0.05) is 17.8 Å². The highest BCUT2D eigenvalue weighted by molar-refractivity contribution is 8.20. The quantitative estimate of drug-likeness (QED) is 0.200. The van der Waals surface area contributed by atoms with Crippen LogP contribution < -0.4 is 0 Å². The lowest BCUT2D eigenvalue weighted by Crippen LogP contribution is -2.12. The van der Waals surface area contributed by atoms with E-state index in [1.165, 1.54) is 77.0 Å². The van der Waals surface area contributed by atoms with Crippen LogP contribution in [0.2, 0.25) is 0 Å². The number of amides is 1. The van der Waals surface area contributed by atoms with Crippen LogP contribution in [0, 0.1) is 6.26 Å². The molecule has 1 amide bonds. The molecule has 0 aromatic heterocycles. The van der Waals surface area contributed by atoms with Gasteiger partial charge in [0.05, 0.1) is 0 Å². The smallest absolute Gasteiger partial charge is 0.260 e. The number of unbranched alkanes of at least 4 members (excludes halogenated alkanes) is 10. The lowest BCUT2D eigenvalue weighted by Gasteiger charge is -2.18. The highest BCUT2D eigenvalue weighted by atomic mass is 32.2. The minimum absolute atomic E-state index is 0.0805. The predicted octanol–water partition coefficient (Wildman–Crippen LogP) is 7.95. The van der Waals surface area contributed by atoms with Crippen molar-refractivity contribution >= 4 is 40.9 Å². The molecule has 0 spiro atoms. The molecule has 23 heavy (non-hydrogen) atoms. The van der Waals surface area contributed by atoms with Crippen molar-refractivity contribution in [2.75, 3.05) is 11.5 Å². The molecule has 2 nitrogen and oxygen atoms in total. The van der Waals surface area contributed by atoms with Crippen LogP contribution in [0.3, 0.4) is 0 Å². The van der Waals surface area contributed by atoms with Gasteiger partial charge in [0.2, 0.25) is 0 Å². The summed E-state index contributed by atoms with van der Waals surface area (Å²) in [6, 6.07) is 0. The second-order valence-electron chi connectivity index (χ2n) is 5.87. The summed E-state index contributed by atoms with van der Waals surface area (Å²) in [5.74, 6) is 2.09. The molecular formula is C18H36NOS3. The molecule has 137 valence electrons. The van der Waals surface area contributed by atoms with Gasteiger partial charge in [-0.15, -0.1) is 0 Å². The van der Waals surface area contributed by atoms with Crippen molar-refractivity contribution in [3.8, 4) is 0 Å². The van der Waals surface area contributed by atoms with E-state index in [1.807, 2.05) is 3.71 Å². The number of hydrogen-bond acceptors (Lipinski definition) is 4. The highest BCUT2D eigenvalue weighted by Gasteiger charge is 2.13. The first kappa shape index (κ1) is 23.5. The van der Waals surface area contributed by atoms with E-state index in [4.69, 9.17) is 0 Å². The predicted molar refractivity (Wildman–Crippen MR) is 112 cm³/mol. The molecule has 0 saturated carbocycles. The Morgan fingerprint density at radius 1 is 0.739 bits per heavy atom. The topological polar surface area (TPSA) is 20.3 Å². The first-order valence-electron chi connectivity index (χ1n) is 9.28. The Morgan fingerprint density at radius 3 is 1.52 bits per heavy atom. The second-order valence-corrected chi connectivity index (χ2v) is 8.80. The van der Waals surface area contributed by atoms with E-state index in [-0.39, 0.29) is 5.24 Å². The van der Waals surface area contributed by atoms with E-state index in [9.17, 15) is 4.79 Å². The first-order chi connectivity index (χ1) is 11.3. The number of rotatable bonds is 16. The molecule has 0 rings (SSSR count). The molecule has 0 saturated heterocycles. The van der Waals surface area contributed by atoms with E-state index in [0.29, 0.717) is 0 Å². The average Bonchev–Trinajstić information content (AvgIpc) is 2.57. The Kier molecular flexibility index (Phi) is 19.3. The Balaban J connectivity index is 3.67. The molecular weight excluding hydrogens is 342 g/mol. The molecule has 0 aliphatic carbocycles. The Labute approximate surface area is 158 Å².